The summed E-state index contributed by atoms with van der Waals surface area (Å²) in [5.41, 5.74) is 8.19. The van der Waals surface area contributed by atoms with Gasteiger partial charge in [0.15, 0.2) is 0 Å². The fourth-order valence-corrected chi connectivity index (χ4v) is 4.04. The molecule has 29 heavy (non-hydrogen) atoms. The SMILES string of the molecule is COc1cc(OC)c2nc(N3CC(Cc4ccccc4)(C(N)=O)C3)cc(C)c2c1. The quantitative estimate of drug-likeness (QED) is 0.699. The molecule has 1 aliphatic rings. The van der Waals surface area contributed by atoms with Crippen LogP contribution in [0.1, 0.15) is 11.1 Å². The van der Waals surface area contributed by atoms with Crippen LogP contribution in [0.25, 0.3) is 10.9 Å². The number of aryl methyl sites for hydroxylation is 1. The topological polar surface area (TPSA) is 77.7 Å². The standard InChI is InChI=1S/C23H25N3O3/c1-15-9-20(25-21-18(15)10-17(28-2)11-19(21)29-3)26-13-23(14-26,22(24)27)12-16-7-5-4-6-8-16/h4-11H,12-14H2,1-3H3,(H2,24,27). The first-order valence-corrected chi connectivity index (χ1v) is 9.58. The first-order valence-electron chi connectivity index (χ1n) is 9.58. The number of anilines is 1. The van der Waals surface area contributed by atoms with E-state index in [4.69, 9.17) is 20.2 Å². The molecule has 6 nitrogen and oxygen atoms in total. The van der Waals surface area contributed by atoms with E-state index in [1.807, 2.05) is 55.5 Å². The molecule has 0 unspecified atom stereocenters. The maximum Gasteiger partial charge on any atom is 0.227 e. The van der Waals surface area contributed by atoms with Gasteiger partial charge in [-0.3, -0.25) is 4.79 Å². The lowest BCUT2D eigenvalue weighted by molar-refractivity contribution is -0.129. The molecule has 3 aromatic rings. The fraction of sp³-hybridized carbons (Fsp3) is 0.304. The summed E-state index contributed by atoms with van der Waals surface area (Å²) < 4.78 is 10.9. The van der Waals surface area contributed by atoms with E-state index in [9.17, 15) is 4.79 Å². The third-order valence-electron chi connectivity index (χ3n) is 5.72. The Hall–Kier alpha value is -3.28. The van der Waals surface area contributed by atoms with Crippen LogP contribution in [0, 0.1) is 12.3 Å². The van der Waals surface area contributed by atoms with Crippen LogP contribution in [0.4, 0.5) is 5.82 Å². The number of carbonyl (C=O) groups excluding carboxylic acids is 1. The number of benzene rings is 2. The van der Waals surface area contributed by atoms with E-state index in [2.05, 4.69) is 4.90 Å². The minimum Gasteiger partial charge on any atom is -0.497 e. The van der Waals surface area contributed by atoms with Crippen molar-refractivity contribution in [2.45, 2.75) is 13.3 Å². The molecule has 2 N–H and O–H groups in total. The molecule has 150 valence electrons. The number of fused-ring (bicyclic) bond motifs is 1. The molecule has 0 aliphatic carbocycles. The van der Waals surface area contributed by atoms with E-state index in [0.29, 0.717) is 25.3 Å². The summed E-state index contributed by atoms with van der Waals surface area (Å²) >= 11 is 0. The number of nitrogens with zero attached hydrogens (tertiary/aromatic N) is 2. The van der Waals surface area contributed by atoms with Crippen molar-refractivity contribution in [3.8, 4) is 11.5 Å². The third kappa shape index (κ3) is 3.35. The van der Waals surface area contributed by atoms with Gasteiger partial charge in [-0.25, -0.2) is 4.98 Å². The molecule has 1 aliphatic heterocycles. The lowest BCUT2D eigenvalue weighted by Gasteiger charge is -2.49. The second kappa shape index (κ2) is 7.28. The number of pyridine rings is 1. The Morgan fingerprint density at radius 2 is 1.86 bits per heavy atom. The van der Waals surface area contributed by atoms with E-state index >= 15 is 0 Å². The summed E-state index contributed by atoms with van der Waals surface area (Å²) in [5, 5.41) is 0.982. The number of methoxy groups -OCH3 is 2. The predicted octanol–water partition coefficient (Wildman–Crippen LogP) is 3.09. The highest BCUT2D eigenvalue weighted by molar-refractivity contribution is 5.91. The minimum absolute atomic E-state index is 0.266. The van der Waals surface area contributed by atoms with Crippen LogP contribution >= 0.6 is 0 Å². The van der Waals surface area contributed by atoms with Gasteiger partial charge in [-0.1, -0.05) is 30.3 Å². The highest BCUT2D eigenvalue weighted by Crippen LogP contribution is 2.39. The van der Waals surface area contributed by atoms with Gasteiger partial charge in [0, 0.05) is 24.5 Å². The van der Waals surface area contributed by atoms with Crippen molar-refractivity contribution < 1.29 is 14.3 Å². The van der Waals surface area contributed by atoms with E-state index in [0.717, 1.165) is 33.6 Å². The summed E-state index contributed by atoms with van der Waals surface area (Å²) in [6.45, 7) is 3.14. The second-order valence-electron chi connectivity index (χ2n) is 7.69. The van der Waals surface area contributed by atoms with E-state index in [1.54, 1.807) is 14.2 Å². The van der Waals surface area contributed by atoms with Gasteiger partial charge in [-0.05, 0) is 36.6 Å². The van der Waals surface area contributed by atoms with Crippen molar-refractivity contribution in [1.82, 2.24) is 4.98 Å². The molecule has 0 saturated carbocycles. The second-order valence-corrected chi connectivity index (χ2v) is 7.69. The zero-order valence-corrected chi connectivity index (χ0v) is 16.9. The Labute approximate surface area is 170 Å². The van der Waals surface area contributed by atoms with Crippen molar-refractivity contribution in [2.24, 2.45) is 11.1 Å². The van der Waals surface area contributed by atoms with Crippen LogP contribution < -0.4 is 20.1 Å². The van der Waals surface area contributed by atoms with E-state index < -0.39 is 5.41 Å². The molecule has 6 heteroatoms. The van der Waals surface area contributed by atoms with Crippen LogP contribution in [0.5, 0.6) is 11.5 Å². The summed E-state index contributed by atoms with van der Waals surface area (Å²) in [7, 11) is 3.26. The van der Waals surface area contributed by atoms with E-state index in [1.165, 1.54) is 0 Å². The lowest BCUT2D eigenvalue weighted by atomic mass is 9.74. The molecular weight excluding hydrogens is 366 g/mol. The minimum atomic E-state index is -0.574. The number of ether oxygens (including phenoxy) is 2. The molecule has 1 fully saturated rings. The number of carbonyl (C=O) groups is 1. The summed E-state index contributed by atoms with van der Waals surface area (Å²) in [5.74, 6) is 1.95. The highest BCUT2D eigenvalue weighted by Gasteiger charge is 2.48. The van der Waals surface area contributed by atoms with Crippen molar-refractivity contribution in [1.29, 1.82) is 0 Å². The van der Waals surface area contributed by atoms with E-state index in [-0.39, 0.29) is 5.91 Å². The largest absolute Gasteiger partial charge is 0.497 e. The Bertz CT molecular complexity index is 1060. The summed E-state index contributed by atoms with van der Waals surface area (Å²) in [6, 6.07) is 15.8. The lowest BCUT2D eigenvalue weighted by Crippen LogP contribution is -2.64. The number of amides is 1. The van der Waals surface area contributed by atoms with Crippen LogP contribution in [-0.2, 0) is 11.2 Å². The summed E-state index contributed by atoms with van der Waals surface area (Å²) in [6.07, 6.45) is 0.632. The molecule has 1 amide bonds. The molecule has 2 aromatic carbocycles. The first kappa shape index (κ1) is 19.1. The highest BCUT2D eigenvalue weighted by atomic mass is 16.5. The molecular formula is C23H25N3O3. The van der Waals surface area contributed by atoms with Crippen LogP contribution in [-0.4, -0.2) is 38.2 Å². The maximum absolute atomic E-state index is 12.3. The zero-order valence-electron chi connectivity index (χ0n) is 16.9. The van der Waals surface area contributed by atoms with Crippen LogP contribution in [0.2, 0.25) is 0 Å². The number of primary amides is 1. The fourth-order valence-electron chi connectivity index (χ4n) is 4.04. The Morgan fingerprint density at radius 3 is 2.48 bits per heavy atom. The van der Waals surface area contributed by atoms with Crippen molar-refractivity contribution >= 4 is 22.6 Å². The Kier molecular flexibility index (Phi) is 4.78. The Morgan fingerprint density at radius 1 is 1.14 bits per heavy atom. The van der Waals surface area contributed by atoms with Gasteiger partial charge in [-0.15, -0.1) is 0 Å². The molecule has 0 atom stereocenters. The molecule has 4 rings (SSSR count). The van der Waals surface area contributed by atoms with Gasteiger partial charge in [0.25, 0.3) is 0 Å². The Balaban J connectivity index is 1.65. The van der Waals surface area contributed by atoms with Crippen molar-refractivity contribution in [3.63, 3.8) is 0 Å². The number of hydrogen-bond acceptors (Lipinski definition) is 5. The molecule has 0 radical (unpaired) electrons. The first-order chi connectivity index (χ1) is 14.0. The molecule has 2 heterocycles. The normalized spacial score (nSPS) is 15.1. The van der Waals surface area contributed by atoms with Gasteiger partial charge >= 0.3 is 0 Å². The number of aromatic nitrogens is 1. The zero-order chi connectivity index (χ0) is 20.6. The van der Waals surface area contributed by atoms with Gasteiger partial charge in [0.1, 0.15) is 22.8 Å². The van der Waals surface area contributed by atoms with Gasteiger partial charge in [0.05, 0.1) is 19.6 Å². The summed E-state index contributed by atoms with van der Waals surface area (Å²) in [4.78, 5) is 19.2. The van der Waals surface area contributed by atoms with Crippen molar-refractivity contribution in [2.75, 3.05) is 32.2 Å². The van der Waals surface area contributed by atoms with Crippen molar-refractivity contribution in [3.05, 3.63) is 59.7 Å². The predicted molar refractivity (Wildman–Crippen MR) is 114 cm³/mol. The van der Waals surface area contributed by atoms with Gasteiger partial charge in [0.2, 0.25) is 5.91 Å². The van der Waals surface area contributed by atoms with Crippen LogP contribution in [0.3, 0.4) is 0 Å². The number of hydrogen-bond donors (Lipinski definition) is 1. The van der Waals surface area contributed by atoms with Gasteiger partial charge < -0.3 is 20.1 Å². The van der Waals surface area contributed by atoms with Crippen LogP contribution in [0.15, 0.2) is 48.5 Å². The monoisotopic (exact) mass is 391 g/mol. The molecule has 0 bridgehead atoms. The molecule has 1 aromatic heterocycles. The van der Waals surface area contributed by atoms with Gasteiger partial charge in [-0.2, -0.15) is 0 Å². The number of nitrogens with two attached hydrogens (primary N) is 1. The molecule has 0 spiro atoms. The molecule has 1 saturated heterocycles. The smallest absolute Gasteiger partial charge is 0.227 e. The average Bonchev–Trinajstić information content (AvgIpc) is 2.70. The number of rotatable bonds is 6. The average molecular weight is 391 g/mol. The maximum atomic E-state index is 12.3. The third-order valence-corrected chi connectivity index (χ3v) is 5.72.